The average molecular weight is 255 g/mol. The van der Waals surface area contributed by atoms with Crippen LogP contribution in [-0.2, 0) is 9.59 Å². The fraction of sp³-hybridized carbons (Fsp3) is 0.333. The Labute approximate surface area is 105 Å². The van der Waals surface area contributed by atoms with Crippen LogP contribution < -0.4 is 10.6 Å². The Bertz CT molecular complexity index is 444. The zero-order valence-electron chi connectivity index (χ0n) is 10.0. The molecule has 0 aromatic heterocycles. The van der Waals surface area contributed by atoms with E-state index in [1.54, 1.807) is 18.2 Å². The monoisotopic (exact) mass is 254 g/mol. The van der Waals surface area contributed by atoms with E-state index in [1.807, 2.05) is 13.8 Å². The lowest BCUT2D eigenvalue weighted by molar-refractivity contribution is -0.119. The van der Waals surface area contributed by atoms with Crippen LogP contribution >= 0.6 is 11.6 Å². The van der Waals surface area contributed by atoms with Gasteiger partial charge in [-0.3, -0.25) is 9.59 Å². The van der Waals surface area contributed by atoms with Crippen molar-refractivity contribution in [2.75, 3.05) is 10.6 Å². The topological polar surface area (TPSA) is 58.2 Å². The molecular weight excluding hydrogens is 240 g/mol. The summed E-state index contributed by atoms with van der Waals surface area (Å²) in [5.74, 6) is -0.358. The molecule has 0 fully saturated rings. The van der Waals surface area contributed by atoms with Crippen molar-refractivity contribution < 1.29 is 9.59 Å². The molecule has 0 saturated heterocycles. The first-order valence-corrected chi connectivity index (χ1v) is 5.66. The highest BCUT2D eigenvalue weighted by Gasteiger charge is 2.08. The number of carbonyl (C=O) groups excluding carboxylic acids is 2. The van der Waals surface area contributed by atoms with Crippen molar-refractivity contribution in [1.29, 1.82) is 0 Å². The second kappa shape index (κ2) is 5.68. The highest BCUT2D eigenvalue weighted by molar-refractivity contribution is 6.34. The summed E-state index contributed by atoms with van der Waals surface area (Å²) in [7, 11) is 0. The van der Waals surface area contributed by atoms with E-state index >= 15 is 0 Å². The molecule has 5 heteroatoms. The fourth-order valence-electron chi connectivity index (χ4n) is 1.17. The SMILES string of the molecule is CC(=O)Nc1ccc(NC(=O)C(C)C)cc1Cl. The summed E-state index contributed by atoms with van der Waals surface area (Å²) in [4.78, 5) is 22.3. The molecule has 0 unspecified atom stereocenters. The minimum Gasteiger partial charge on any atom is -0.326 e. The second-order valence-electron chi connectivity index (χ2n) is 4.02. The lowest BCUT2D eigenvalue weighted by Crippen LogP contribution is -2.17. The summed E-state index contributed by atoms with van der Waals surface area (Å²) in [5.41, 5.74) is 1.14. The third-order valence-corrected chi connectivity index (χ3v) is 2.38. The van der Waals surface area contributed by atoms with E-state index < -0.39 is 0 Å². The minimum atomic E-state index is -0.189. The smallest absolute Gasteiger partial charge is 0.226 e. The number of benzene rings is 1. The first-order valence-electron chi connectivity index (χ1n) is 5.28. The summed E-state index contributed by atoms with van der Waals surface area (Å²) in [6.45, 7) is 5.02. The van der Waals surface area contributed by atoms with Gasteiger partial charge in [0.05, 0.1) is 10.7 Å². The van der Waals surface area contributed by atoms with E-state index in [-0.39, 0.29) is 17.7 Å². The maximum absolute atomic E-state index is 11.5. The molecule has 1 rings (SSSR count). The average Bonchev–Trinajstić information content (AvgIpc) is 2.21. The van der Waals surface area contributed by atoms with Crippen molar-refractivity contribution in [3.05, 3.63) is 23.2 Å². The molecular formula is C12H15ClN2O2. The highest BCUT2D eigenvalue weighted by atomic mass is 35.5. The Morgan fingerprint density at radius 1 is 1.24 bits per heavy atom. The van der Waals surface area contributed by atoms with Gasteiger partial charge in [-0.1, -0.05) is 25.4 Å². The van der Waals surface area contributed by atoms with E-state index in [2.05, 4.69) is 10.6 Å². The van der Waals surface area contributed by atoms with E-state index in [1.165, 1.54) is 6.92 Å². The number of hydrogen-bond donors (Lipinski definition) is 2. The third-order valence-electron chi connectivity index (χ3n) is 2.07. The maximum atomic E-state index is 11.5. The van der Waals surface area contributed by atoms with Crippen molar-refractivity contribution in [3.63, 3.8) is 0 Å². The largest absolute Gasteiger partial charge is 0.326 e. The molecule has 0 atom stereocenters. The van der Waals surface area contributed by atoms with E-state index in [0.717, 1.165) is 0 Å². The molecule has 4 nitrogen and oxygen atoms in total. The van der Waals surface area contributed by atoms with Gasteiger partial charge in [0.15, 0.2) is 0 Å². The van der Waals surface area contributed by atoms with Crippen molar-refractivity contribution >= 4 is 34.8 Å². The van der Waals surface area contributed by atoms with Crippen LogP contribution in [0, 0.1) is 5.92 Å². The normalized spacial score (nSPS) is 10.2. The van der Waals surface area contributed by atoms with Gasteiger partial charge in [-0.15, -0.1) is 0 Å². The lowest BCUT2D eigenvalue weighted by Gasteiger charge is -2.10. The van der Waals surface area contributed by atoms with E-state index in [0.29, 0.717) is 16.4 Å². The molecule has 92 valence electrons. The van der Waals surface area contributed by atoms with Crippen LogP contribution in [0.25, 0.3) is 0 Å². The molecule has 0 heterocycles. The molecule has 0 aliphatic rings. The lowest BCUT2D eigenvalue weighted by atomic mass is 10.2. The number of anilines is 2. The first-order chi connectivity index (χ1) is 7.90. The van der Waals surface area contributed by atoms with Crippen LogP contribution in [0.1, 0.15) is 20.8 Å². The van der Waals surface area contributed by atoms with Crippen molar-refractivity contribution in [2.45, 2.75) is 20.8 Å². The Balaban J connectivity index is 2.82. The van der Waals surface area contributed by atoms with Crippen LogP contribution in [0.2, 0.25) is 5.02 Å². The molecule has 2 N–H and O–H groups in total. The fourth-order valence-corrected chi connectivity index (χ4v) is 1.40. The van der Waals surface area contributed by atoms with E-state index in [4.69, 9.17) is 11.6 Å². The number of rotatable bonds is 3. The summed E-state index contributed by atoms with van der Waals surface area (Å²) in [5, 5.41) is 5.71. The van der Waals surface area contributed by atoms with Gasteiger partial charge < -0.3 is 10.6 Å². The summed E-state index contributed by atoms with van der Waals surface area (Å²) in [6, 6.07) is 4.95. The van der Waals surface area contributed by atoms with Crippen LogP contribution in [-0.4, -0.2) is 11.8 Å². The third kappa shape index (κ3) is 4.07. The summed E-state index contributed by atoms with van der Waals surface area (Å²) >= 11 is 5.97. The maximum Gasteiger partial charge on any atom is 0.226 e. The molecule has 0 bridgehead atoms. The van der Waals surface area contributed by atoms with Gasteiger partial charge in [0.1, 0.15) is 0 Å². The van der Waals surface area contributed by atoms with Crippen LogP contribution in [0.15, 0.2) is 18.2 Å². The quantitative estimate of drug-likeness (QED) is 0.871. The Hall–Kier alpha value is -1.55. The Kier molecular flexibility index (Phi) is 4.52. The zero-order chi connectivity index (χ0) is 13.0. The van der Waals surface area contributed by atoms with Gasteiger partial charge in [-0.25, -0.2) is 0 Å². The molecule has 2 amide bonds. The van der Waals surface area contributed by atoms with Crippen LogP contribution in [0.5, 0.6) is 0 Å². The number of amides is 2. The molecule has 17 heavy (non-hydrogen) atoms. The molecule has 1 aromatic carbocycles. The van der Waals surface area contributed by atoms with Crippen molar-refractivity contribution in [2.24, 2.45) is 5.92 Å². The van der Waals surface area contributed by atoms with Crippen LogP contribution in [0.4, 0.5) is 11.4 Å². The van der Waals surface area contributed by atoms with Gasteiger partial charge in [0.25, 0.3) is 0 Å². The molecule has 0 spiro atoms. The Morgan fingerprint density at radius 2 is 1.88 bits per heavy atom. The highest BCUT2D eigenvalue weighted by Crippen LogP contribution is 2.25. The minimum absolute atomic E-state index is 0.0756. The van der Waals surface area contributed by atoms with Crippen LogP contribution in [0.3, 0.4) is 0 Å². The summed E-state index contributed by atoms with van der Waals surface area (Å²) in [6.07, 6.45) is 0. The predicted octanol–water partition coefficient (Wildman–Crippen LogP) is 2.89. The van der Waals surface area contributed by atoms with Crippen molar-refractivity contribution in [3.8, 4) is 0 Å². The predicted molar refractivity (Wildman–Crippen MR) is 69.2 cm³/mol. The molecule has 1 aromatic rings. The Morgan fingerprint density at radius 3 is 2.35 bits per heavy atom. The van der Waals surface area contributed by atoms with E-state index in [9.17, 15) is 9.59 Å². The standard InChI is InChI=1S/C12H15ClN2O2/c1-7(2)12(17)15-9-4-5-11(10(13)6-9)14-8(3)16/h4-7H,1-3H3,(H,14,16)(H,15,17). The molecule has 0 saturated carbocycles. The van der Waals surface area contributed by atoms with Gasteiger partial charge in [-0.2, -0.15) is 0 Å². The molecule has 0 aliphatic carbocycles. The zero-order valence-corrected chi connectivity index (χ0v) is 10.8. The van der Waals surface area contributed by atoms with Gasteiger partial charge in [-0.05, 0) is 18.2 Å². The van der Waals surface area contributed by atoms with Gasteiger partial charge in [0.2, 0.25) is 11.8 Å². The molecule has 0 aliphatic heterocycles. The van der Waals surface area contributed by atoms with Gasteiger partial charge in [0, 0.05) is 18.5 Å². The number of carbonyl (C=O) groups is 2. The van der Waals surface area contributed by atoms with Crippen molar-refractivity contribution in [1.82, 2.24) is 0 Å². The number of halogens is 1. The number of nitrogens with one attached hydrogen (secondary N) is 2. The van der Waals surface area contributed by atoms with Gasteiger partial charge >= 0.3 is 0 Å². The summed E-state index contributed by atoms with van der Waals surface area (Å²) < 4.78 is 0. The second-order valence-corrected chi connectivity index (χ2v) is 4.43. The number of hydrogen-bond acceptors (Lipinski definition) is 2. The molecule has 0 radical (unpaired) electrons. The first kappa shape index (κ1) is 13.5.